The number of rotatable bonds is 4. The van der Waals surface area contributed by atoms with Crippen LogP contribution in [0.1, 0.15) is 12.7 Å². The highest BCUT2D eigenvalue weighted by atomic mass is 35.5. The SMILES string of the molecule is CCc1nc(NN)cc(Oc2ccccc2Cl)n1. The van der Waals surface area contributed by atoms with Crippen molar-refractivity contribution in [1.82, 2.24) is 9.97 Å². The van der Waals surface area contributed by atoms with Gasteiger partial charge >= 0.3 is 0 Å². The van der Waals surface area contributed by atoms with Gasteiger partial charge in [-0.2, -0.15) is 4.98 Å². The lowest BCUT2D eigenvalue weighted by Crippen LogP contribution is -2.10. The van der Waals surface area contributed by atoms with Gasteiger partial charge in [0.15, 0.2) is 0 Å². The van der Waals surface area contributed by atoms with Crippen molar-refractivity contribution in [1.29, 1.82) is 0 Å². The molecule has 94 valence electrons. The number of para-hydroxylation sites is 1. The number of aryl methyl sites for hydroxylation is 1. The summed E-state index contributed by atoms with van der Waals surface area (Å²) in [6.07, 6.45) is 0.689. The molecule has 2 rings (SSSR count). The Morgan fingerprint density at radius 3 is 2.78 bits per heavy atom. The molecule has 1 heterocycles. The van der Waals surface area contributed by atoms with Crippen LogP contribution in [0.15, 0.2) is 30.3 Å². The Morgan fingerprint density at radius 1 is 1.33 bits per heavy atom. The van der Waals surface area contributed by atoms with E-state index in [9.17, 15) is 0 Å². The zero-order valence-electron chi connectivity index (χ0n) is 9.85. The summed E-state index contributed by atoms with van der Waals surface area (Å²) in [5, 5.41) is 0.524. The second-order valence-corrected chi connectivity index (χ2v) is 3.95. The zero-order chi connectivity index (χ0) is 13.0. The molecule has 0 saturated carbocycles. The van der Waals surface area contributed by atoms with E-state index >= 15 is 0 Å². The Labute approximate surface area is 110 Å². The molecule has 0 aliphatic carbocycles. The predicted molar refractivity (Wildman–Crippen MR) is 70.7 cm³/mol. The van der Waals surface area contributed by atoms with Crippen LogP contribution in [0.3, 0.4) is 0 Å². The Kier molecular flexibility index (Phi) is 3.96. The number of halogens is 1. The lowest BCUT2D eigenvalue weighted by Gasteiger charge is -2.09. The number of aromatic nitrogens is 2. The smallest absolute Gasteiger partial charge is 0.224 e. The molecular weight excluding hydrogens is 252 g/mol. The third kappa shape index (κ3) is 2.88. The standard InChI is InChI=1S/C12H13ClN4O/c1-2-10-15-11(17-14)7-12(16-10)18-9-6-4-3-5-8(9)13/h3-7H,2,14H2,1H3,(H,15,16,17). The molecule has 0 saturated heterocycles. The molecule has 1 aromatic heterocycles. The van der Waals surface area contributed by atoms with Crippen molar-refractivity contribution in [2.24, 2.45) is 5.84 Å². The quantitative estimate of drug-likeness (QED) is 0.656. The monoisotopic (exact) mass is 264 g/mol. The van der Waals surface area contributed by atoms with Crippen LogP contribution in [0.4, 0.5) is 5.82 Å². The van der Waals surface area contributed by atoms with E-state index in [1.807, 2.05) is 19.1 Å². The molecule has 0 fully saturated rings. The normalized spacial score (nSPS) is 10.2. The Morgan fingerprint density at radius 2 is 2.11 bits per heavy atom. The fourth-order valence-corrected chi connectivity index (χ4v) is 1.57. The number of benzene rings is 1. The van der Waals surface area contributed by atoms with Crippen molar-refractivity contribution >= 4 is 17.4 Å². The number of nitrogen functional groups attached to an aromatic ring is 1. The van der Waals surface area contributed by atoms with Crippen molar-refractivity contribution in [2.45, 2.75) is 13.3 Å². The van der Waals surface area contributed by atoms with E-state index in [0.29, 0.717) is 34.7 Å². The summed E-state index contributed by atoms with van der Waals surface area (Å²) in [7, 11) is 0. The summed E-state index contributed by atoms with van der Waals surface area (Å²) in [5.41, 5.74) is 2.48. The van der Waals surface area contributed by atoms with Crippen LogP contribution in [0.25, 0.3) is 0 Å². The minimum atomic E-state index is 0.405. The molecule has 1 aromatic carbocycles. The summed E-state index contributed by atoms with van der Waals surface area (Å²) in [5.74, 6) is 7.44. The number of ether oxygens (including phenoxy) is 1. The summed E-state index contributed by atoms with van der Waals surface area (Å²) in [4.78, 5) is 8.42. The van der Waals surface area contributed by atoms with Crippen molar-refractivity contribution in [2.75, 3.05) is 5.43 Å². The van der Waals surface area contributed by atoms with Gasteiger partial charge in [0.1, 0.15) is 17.4 Å². The molecule has 0 unspecified atom stereocenters. The third-order valence-corrected chi connectivity index (χ3v) is 2.58. The average molecular weight is 265 g/mol. The molecule has 0 aliphatic rings. The van der Waals surface area contributed by atoms with Crippen molar-refractivity contribution in [3.8, 4) is 11.6 Å². The topological polar surface area (TPSA) is 73.1 Å². The molecule has 0 atom stereocenters. The van der Waals surface area contributed by atoms with E-state index in [0.717, 1.165) is 0 Å². The fourth-order valence-electron chi connectivity index (χ4n) is 1.40. The molecule has 0 bridgehead atoms. The highest BCUT2D eigenvalue weighted by molar-refractivity contribution is 6.32. The van der Waals surface area contributed by atoms with Crippen LogP contribution in [0.5, 0.6) is 11.6 Å². The van der Waals surface area contributed by atoms with Gasteiger partial charge in [-0.1, -0.05) is 30.7 Å². The first-order valence-corrected chi connectivity index (χ1v) is 5.87. The van der Waals surface area contributed by atoms with Crippen LogP contribution in [0, 0.1) is 0 Å². The second-order valence-electron chi connectivity index (χ2n) is 3.54. The molecule has 0 amide bonds. The van der Waals surface area contributed by atoms with Gasteiger partial charge in [-0.15, -0.1) is 0 Å². The lowest BCUT2D eigenvalue weighted by molar-refractivity contribution is 0.459. The molecule has 3 N–H and O–H groups in total. The van der Waals surface area contributed by atoms with Crippen molar-refractivity contribution < 1.29 is 4.74 Å². The molecule has 6 heteroatoms. The number of anilines is 1. The highest BCUT2D eigenvalue weighted by Crippen LogP contribution is 2.28. The van der Waals surface area contributed by atoms with Crippen LogP contribution in [-0.4, -0.2) is 9.97 Å². The Hall–Kier alpha value is -1.85. The Balaban J connectivity index is 2.31. The van der Waals surface area contributed by atoms with Gasteiger partial charge in [-0.05, 0) is 12.1 Å². The Bertz CT molecular complexity index is 525. The summed E-state index contributed by atoms with van der Waals surface area (Å²) >= 11 is 6.01. The lowest BCUT2D eigenvalue weighted by atomic mass is 10.3. The highest BCUT2D eigenvalue weighted by Gasteiger charge is 2.07. The average Bonchev–Trinajstić information content (AvgIpc) is 2.41. The minimum absolute atomic E-state index is 0.405. The van der Waals surface area contributed by atoms with Gasteiger partial charge in [0.05, 0.1) is 5.02 Å². The first kappa shape index (κ1) is 12.6. The number of hydrogen-bond acceptors (Lipinski definition) is 5. The first-order valence-electron chi connectivity index (χ1n) is 5.50. The van der Waals surface area contributed by atoms with Crippen LogP contribution in [-0.2, 0) is 6.42 Å². The van der Waals surface area contributed by atoms with Crippen LogP contribution in [0.2, 0.25) is 5.02 Å². The molecule has 5 nitrogen and oxygen atoms in total. The maximum absolute atomic E-state index is 6.01. The maximum Gasteiger partial charge on any atom is 0.224 e. The zero-order valence-corrected chi connectivity index (χ0v) is 10.6. The van der Waals surface area contributed by atoms with E-state index in [1.165, 1.54) is 0 Å². The fraction of sp³-hybridized carbons (Fsp3) is 0.167. The molecule has 0 radical (unpaired) electrons. The van der Waals surface area contributed by atoms with Gasteiger partial charge in [-0.3, -0.25) is 0 Å². The van der Waals surface area contributed by atoms with Crippen molar-refractivity contribution in [3.63, 3.8) is 0 Å². The maximum atomic E-state index is 6.01. The van der Waals surface area contributed by atoms with Gasteiger partial charge in [0.25, 0.3) is 0 Å². The minimum Gasteiger partial charge on any atom is -0.437 e. The van der Waals surface area contributed by atoms with Crippen LogP contribution >= 0.6 is 11.6 Å². The number of hydrogen-bond donors (Lipinski definition) is 2. The molecular formula is C12H13ClN4O. The molecule has 0 aliphatic heterocycles. The third-order valence-electron chi connectivity index (χ3n) is 2.26. The number of nitrogens with two attached hydrogens (primary N) is 1. The largest absolute Gasteiger partial charge is 0.437 e. The molecule has 18 heavy (non-hydrogen) atoms. The van der Waals surface area contributed by atoms with E-state index < -0.39 is 0 Å². The molecule has 0 spiro atoms. The number of nitrogens with zero attached hydrogens (tertiary/aromatic N) is 2. The summed E-state index contributed by atoms with van der Waals surface area (Å²) < 4.78 is 5.62. The van der Waals surface area contributed by atoms with Crippen molar-refractivity contribution in [3.05, 3.63) is 41.2 Å². The van der Waals surface area contributed by atoms with E-state index in [-0.39, 0.29) is 0 Å². The van der Waals surface area contributed by atoms with E-state index in [1.54, 1.807) is 18.2 Å². The number of nitrogens with one attached hydrogen (secondary N) is 1. The predicted octanol–water partition coefficient (Wildman–Crippen LogP) is 2.77. The van der Waals surface area contributed by atoms with Gasteiger partial charge < -0.3 is 10.2 Å². The van der Waals surface area contributed by atoms with Gasteiger partial charge in [0, 0.05) is 12.5 Å². The van der Waals surface area contributed by atoms with Crippen LogP contribution < -0.4 is 16.0 Å². The van der Waals surface area contributed by atoms with Gasteiger partial charge in [-0.25, -0.2) is 10.8 Å². The number of hydrazine groups is 1. The second kappa shape index (κ2) is 5.66. The summed E-state index contributed by atoms with van der Waals surface area (Å²) in [6.45, 7) is 1.95. The summed E-state index contributed by atoms with van der Waals surface area (Å²) in [6, 6.07) is 8.81. The van der Waals surface area contributed by atoms with Gasteiger partial charge in [0.2, 0.25) is 5.88 Å². The molecule has 2 aromatic rings. The van der Waals surface area contributed by atoms with E-state index in [2.05, 4.69) is 15.4 Å². The first-order chi connectivity index (χ1) is 8.72. The van der Waals surface area contributed by atoms with E-state index in [4.69, 9.17) is 22.2 Å².